The zero-order chi connectivity index (χ0) is 15.5. The normalized spacial score (nSPS) is 15.3. The van der Waals surface area contributed by atoms with Crippen LogP contribution in [0.2, 0.25) is 0 Å². The molecule has 0 atom stereocenters. The number of thioether (sulfide) groups is 1. The maximum atomic E-state index is 12.0. The molecule has 1 saturated heterocycles. The van der Waals surface area contributed by atoms with Gasteiger partial charge in [-0.25, -0.2) is 0 Å². The summed E-state index contributed by atoms with van der Waals surface area (Å²) in [6.07, 6.45) is 0. The molecule has 23 heavy (non-hydrogen) atoms. The van der Waals surface area contributed by atoms with Crippen molar-refractivity contribution in [1.29, 1.82) is 0 Å². The summed E-state index contributed by atoms with van der Waals surface area (Å²) in [6.45, 7) is 8.71. The lowest BCUT2D eigenvalue weighted by Gasteiger charge is -2.27. The zero-order valence-corrected chi connectivity index (χ0v) is 16.4. The Labute approximate surface area is 155 Å². The summed E-state index contributed by atoms with van der Waals surface area (Å²) in [7, 11) is 0. The monoisotopic (exact) mass is 379 g/mol. The van der Waals surface area contributed by atoms with E-state index in [2.05, 4.69) is 23.2 Å². The smallest absolute Gasteiger partial charge is 0.243 e. The first-order valence-electron chi connectivity index (χ1n) is 7.37. The Morgan fingerprint density at radius 2 is 1.91 bits per heavy atom. The Hall–Kier alpha value is -0.460. The molecule has 1 aromatic rings. The molecule has 1 fully saturated rings. The van der Waals surface area contributed by atoms with E-state index in [1.54, 1.807) is 13.8 Å². The number of anilines is 1. The van der Waals surface area contributed by atoms with Gasteiger partial charge in [-0.2, -0.15) is 11.8 Å². The van der Waals surface area contributed by atoms with Gasteiger partial charge >= 0.3 is 0 Å². The number of amides is 1. The lowest BCUT2D eigenvalue weighted by molar-refractivity contribution is -0.120. The molecule has 0 radical (unpaired) electrons. The first kappa shape index (κ1) is 22.5. The number of hydrogen-bond donors (Lipinski definition) is 2. The zero-order valence-electron chi connectivity index (χ0n) is 13.9. The van der Waals surface area contributed by atoms with Crippen LogP contribution in [0.25, 0.3) is 0 Å². The molecule has 1 amide bonds. The molecule has 4 nitrogen and oxygen atoms in total. The van der Waals surface area contributed by atoms with Crippen LogP contribution in [0.15, 0.2) is 18.2 Å². The third-order valence-corrected chi connectivity index (χ3v) is 4.72. The van der Waals surface area contributed by atoms with Crippen molar-refractivity contribution in [2.24, 2.45) is 5.73 Å². The summed E-state index contributed by atoms with van der Waals surface area (Å²) in [4.78, 5) is 14.5. The number of carbonyl (C=O) groups excluding carboxylic acids is 1. The second-order valence-electron chi connectivity index (χ2n) is 6.15. The second kappa shape index (κ2) is 9.74. The molecule has 1 aromatic carbocycles. The predicted octanol–water partition coefficient (Wildman–Crippen LogP) is 3.06. The van der Waals surface area contributed by atoms with E-state index in [0.29, 0.717) is 0 Å². The van der Waals surface area contributed by atoms with Gasteiger partial charge in [0.05, 0.1) is 5.54 Å². The first-order chi connectivity index (χ1) is 9.88. The number of benzene rings is 1. The number of halogens is 2. The largest absolute Gasteiger partial charge is 0.324 e. The minimum atomic E-state index is -0.869. The van der Waals surface area contributed by atoms with E-state index in [9.17, 15) is 4.79 Å². The van der Waals surface area contributed by atoms with Gasteiger partial charge in [-0.05, 0) is 38.0 Å². The summed E-state index contributed by atoms with van der Waals surface area (Å²) in [5.74, 6) is 2.25. The van der Waals surface area contributed by atoms with E-state index in [4.69, 9.17) is 5.73 Å². The van der Waals surface area contributed by atoms with E-state index in [1.165, 1.54) is 17.1 Å². The Balaban J connectivity index is 0.00000242. The average molecular weight is 380 g/mol. The van der Waals surface area contributed by atoms with Crippen LogP contribution in [0.5, 0.6) is 0 Å². The van der Waals surface area contributed by atoms with Crippen molar-refractivity contribution >= 4 is 48.2 Å². The van der Waals surface area contributed by atoms with Crippen LogP contribution in [0.4, 0.5) is 5.69 Å². The highest BCUT2D eigenvalue weighted by atomic mass is 35.5. The highest BCUT2D eigenvalue weighted by Crippen LogP contribution is 2.22. The van der Waals surface area contributed by atoms with Crippen molar-refractivity contribution in [3.8, 4) is 0 Å². The van der Waals surface area contributed by atoms with Crippen LogP contribution in [0, 0.1) is 6.92 Å². The van der Waals surface area contributed by atoms with Crippen LogP contribution >= 0.6 is 36.6 Å². The van der Waals surface area contributed by atoms with Crippen molar-refractivity contribution in [3.05, 3.63) is 29.3 Å². The van der Waals surface area contributed by atoms with Gasteiger partial charge in [0.1, 0.15) is 0 Å². The standard InChI is InChI=1S/C16H25N3OS.2ClH/c1-12-13(11-19-7-9-21-10-8-19)5-4-6-14(12)18-15(20)16(2,3)17;;/h4-6H,7-11,17H2,1-3H3,(H,18,20);2*1H. The molecular formula is C16H27Cl2N3OS. The number of nitrogens with zero attached hydrogens (tertiary/aromatic N) is 1. The molecular weight excluding hydrogens is 353 g/mol. The molecule has 3 N–H and O–H groups in total. The number of hydrogen-bond acceptors (Lipinski definition) is 4. The lowest BCUT2D eigenvalue weighted by Crippen LogP contribution is -2.45. The summed E-state index contributed by atoms with van der Waals surface area (Å²) < 4.78 is 0. The van der Waals surface area contributed by atoms with Crippen molar-refractivity contribution in [2.45, 2.75) is 32.9 Å². The molecule has 0 saturated carbocycles. The number of carbonyl (C=O) groups is 1. The third-order valence-electron chi connectivity index (χ3n) is 3.78. The van der Waals surface area contributed by atoms with Gasteiger partial charge in [-0.1, -0.05) is 12.1 Å². The van der Waals surface area contributed by atoms with Gasteiger partial charge in [0, 0.05) is 36.8 Å². The maximum absolute atomic E-state index is 12.0. The first-order valence-corrected chi connectivity index (χ1v) is 8.52. The van der Waals surface area contributed by atoms with Gasteiger partial charge in [0.2, 0.25) is 5.91 Å². The fourth-order valence-corrected chi connectivity index (χ4v) is 3.25. The fourth-order valence-electron chi connectivity index (χ4n) is 2.27. The Bertz CT molecular complexity index is 515. The molecule has 1 heterocycles. The van der Waals surface area contributed by atoms with Gasteiger partial charge < -0.3 is 11.1 Å². The van der Waals surface area contributed by atoms with E-state index in [0.717, 1.165) is 30.9 Å². The minimum Gasteiger partial charge on any atom is -0.324 e. The SMILES string of the molecule is Cc1c(CN2CCSCC2)cccc1NC(=O)C(C)(C)N.Cl.Cl. The summed E-state index contributed by atoms with van der Waals surface area (Å²) in [6, 6.07) is 6.08. The molecule has 0 unspecified atom stereocenters. The number of nitrogens with one attached hydrogen (secondary N) is 1. The third kappa shape index (κ3) is 6.51. The topological polar surface area (TPSA) is 58.4 Å². The second-order valence-corrected chi connectivity index (χ2v) is 7.38. The van der Waals surface area contributed by atoms with Crippen molar-refractivity contribution in [2.75, 3.05) is 29.9 Å². The lowest BCUT2D eigenvalue weighted by atomic mass is 10.0. The summed E-state index contributed by atoms with van der Waals surface area (Å²) in [5.41, 5.74) is 8.24. The fraction of sp³-hybridized carbons (Fsp3) is 0.562. The van der Waals surface area contributed by atoms with Crippen molar-refractivity contribution in [1.82, 2.24) is 4.90 Å². The highest BCUT2D eigenvalue weighted by Gasteiger charge is 2.22. The predicted molar refractivity (Wildman–Crippen MR) is 105 cm³/mol. The van der Waals surface area contributed by atoms with Crippen LogP contribution in [0.1, 0.15) is 25.0 Å². The molecule has 2 rings (SSSR count). The molecule has 0 bridgehead atoms. The van der Waals surface area contributed by atoms with E-state index in [1.807, 2.05) is 23.9 Å². The van der Waals surface area contributed by atoms with Crippen LogP contribution in [0.3, 0.4) is 0 Å². The molecule has 0 aliphatic carbocycles. The van der Waals surface area contributed by atoms with Crippen molar-refractivity contribution in [3.63, 3.8) is 0 Å². The minimum absolute atomic E-state index is 0. The highest BCUT2D eigenvalue weighted by molar-refractivity contribution is 7.99. The van der Waals surface area contributed by atoms with E-state index < -0.39 is 5.54 Å². The van der Waals surface area contributed by atoms with E-state index in [-0.39, 0.29) is 30.7 Å². The maximum Gasteiger partial charge on any atom is 0.243 e. The van der Waals surface area contributed by atoms with Crippen LogP contribution < -0.4 is 11.1 Å². The number of rotatable bonds is 4. The molecule has 132 valence electrons. The quantitative estimate of drug-likeness (QED) is 0.843. The average Bonchev–Trinajstić information content (AvgIpc) is 2.43. The molecule has 0 aromatic heterocycles. The van der Waals surface area contributed by atoms with Crippen molar-refractivity contribution < 1.29 is 4.79 Å². The van der Waals surface area contributed by atoms with Gasteiger partial charge in [0.15, 0.2) is 0 Å². The number of nitrogens with two attached hydrogens (primary N) is 1. The van der Waals surface area contributed by atoms with Gasteiger partial charge in [-0.15, -0.1) is 24.8 Å². The van der Waals surface area contributed by atoms with E-state index >= 15 is 0 Å². The Morgan fingerprint density at radius 1 is 1.30 bits per heavy atom. The summed E-state index contributed by atoms with van der Waals surface area (Å²) in [5, 5.41) is 2.94. The van der Waals surface area contributed by atoms with Gasteiger partial charge in [0.25, 0.3) is 0 Å². The van der Waals surface area contributed by atoms with Crippen LogP contribution in [-0.2, 0) is 11.3 Å². The Kier molecular flexibility index (Phi) is 9.55. The molecule has 1 aliphatic heterocycles. The molecule has 0 spiro atoms. The van der Waals surface area contributed by atoms with Crippen LogP contribution in [-0.4, -0.2) is 40.9 Å². The molecule has 1 aliphatic rings. The summed E-state index contributed by atoms with van der Waals surface area (Å²) >= 11 is 2.02. The molecule has 7 heteroatoms. The Morgan fingerprint density at radius 3 is 2.48 bits per heavy atom. The van der Waals surface area contributed by atoms with Gasteiger partial charge in [-0.3, -0.25) is 9.69 Å².